The van der Waals surface area contributed by atoms with E-state index in [-0.39, 0.29) is 11.6 Å². The van der Waals surface area contributed by atoms with Crippen LogP contribution in [0.4, 0.5) is 0 Å². The van der Waals surface area contributed by atoms with Crippen molar-refractivity contribution in [1.29, 1.82) is 0 Å². The lowest BCUT2D eigenvalue weighted by Gasteiger charge is -2.23. The standard InChI is InChI=1S/C15H26N4O2/c1-2-3-4-5-6-11-19-14(12-7-9-16-10-8-12)13(15(20)21)17-18-19/h12,16H,2-11H2,1H3,(H,20,21). The number of carboxylic acid groups (broad SMARTS) is 1. The van der Waals surface area contributed by atoms with Crippen LogP contribution in [0.1, 0.15) is 74.0 Å². The van der Waals surface area contributed by atoms with Crippen molar-refractivity contribution in [3.63, 3.8) is 0 Å². The van der Waals surface area contributed by atoms with Crippen LogP contribution in [0.25, 0.3) is 0 Å². The summed E-state index contributed by atoms with van der Waals surface area (Å²) in [6.07, 6.45) is 7.86. The molecule has 6 nitrogen and oxygen atoms in total. The quantitative estimate of drug-likeness (QED) is 0.720. The zero-order chi connectivity index (χ0) is 15.1. The van der Waals surface area contributed by atoms with Crippen LogP contribution < -0.4 is 5.32 Å². The van der Waals surface area contributed by atoms with Gasteiger partial charge in [-0.1, -0.05) is 37.8 Å². The van der Waals surface area contributed by atoms with E-state index in [1.807, 2.05) is 4.68 Å². The molecule has 21 heavy (non-hydrogen) atoms. The van der Waals surface area contributed by atoms with Crippen LogP contribution in [0.2, 0.25) is 0 Å². The van der Waals surface area contributed by atoms with E-state index in [0.29, 0.717) is 0 Å². The average molecular weight is 294 g/mol. The minimum Gasteiger partial charge on any atom is -0.476 e. The molecule has 0 aliphatic carbocycles. The highest BCUT2D eigenvalue weighted by Crippen LogP contribution is 2.27. The van der Waals surface area contributed by atoms with Crippen LogP contribution in [0.5, 0.6) is 0 Å². The maximum absolute atomic E-state index is 11.4. The molecule has 6 heteroatoms. The Hall–Kier alpha value is -1.43. The number of aromatic carboxylic acids is 1. The molecule has 1 aromatic heterocycles. The molecule has 2 rings (SSSR count). The Balaban J connectivity index is 2.03. The van der Waals surface area contributed by atoms with E-state index in [9.17, 15) is 9.90 Å². The zero-order valence-electron chi connectivity index (χ0n) is 12.8. The summed E-state index contributed by atoms with van der Waals surface area (Å²) >= 11 is 0. The second-order valence-electron chi connectivity index (χ2n) is 5.79. The van der Waals surface area contributed by atoms with Gasteiger partial charge >= 0.3 is 5.97 Å². The molecule has 1 fully saturated rings. The van der Waals surface area contributed by atoms with E-state index in [4.69, 9.17) is 0 Å². The summed E-state index contributed by atoms with van der Waals surface area (Å²) in [5.74, 6) is -0.691. The number of unbranched alkanes of at least 4 members (excludes halogenated alkanes) is 4. The fourth-order valence-electron chi connectivity index (χ4n) is 3.00. The third kappa shape index (κ3) is 4.27. The summed E-state index contributed by atoms with van der Waals surface area (Å²) < 4.78 is 1.84. The topological polar surface area (TPSA) is 80.0 Å². The lowest BCUT2D eigenvalue weighted by Crippen LogP contribution is -2.28. The summed E-state index contributed by atoms with van der Waals surface area (Å²) in [7, 11) is 0. The Morgan fingerprint density at radius 1 is 1.29 bits per heavy atom. The monoisotopic (exact) mass is 294 g/mol. The van der Waals surface area contributed by atoms with Crippen molar-refractivity contribution in [2.45, 2.75) is 64.3 Å². The van der Waals surface area contributed by atoms with E-state index in [1.165, 1.54) is 25.7 Å². The first-order valence-electron chi connectivity index (χ1n) is 8.11. The first kappa shape index (κ1) is 15.9. The number of nitrogens with one attached hydrogen (secondary N) is 1. The first-order chi connectivity index (χ1) is 10.2. The van der Waals surface area contributed by atoms with Gasteiger partial charge in [-0.15, -0.1) is 5.10 Å². The van der Waals surface area contributed by atoms with Gasteiger partial charge in [0.1, 0.15) is 0 Å². The molecule has 1 aliphatic heterocycles. The highest BCUT2D eigenvalue weighted by Gasteiger charge is 2.27. The second-order valence-corrected chi connectivity index (χ2v) is 5.79. The molecule has 0 amide bonds. The number of aryl methyl sites for hydroxylation is 1. The molecule has 118 valence electrons. The fourth-order valence-corrected chi connectivity index (χ4v) is 3.00. The van der Waals surface area contributed by atoms with Crippen LogP contribution in [-0.2, 0) is 6.54 Å². The third-order valence-electron chi connectivity index (χ3n) is 4.18. The number of carbonyl (C=O) groups is 1. The maximum atomic E-state index is 11.4. The van der Waals surface area contributed by atoms with Gasteiger partial charge in [-0.2, -0.15) is 0 Å². The molecule has 2 heterocycles. The third-order valence-corrected chi connectivity index (χ3v) is 4.18. The van der Waals surface area contributed by atoms with Gasteiger partial charge in [-0.05, 0) is 32.4 Å². The van der Waals surface area contributed by atoms with Crippen molar-refractivity contribution in [3.05, 3.63) is 11.4 Å². The lowest BCUT2D eigenvalue weighted by molar-refractivity contribution is 0.0688. The van der Waals surface area contributed by atoms with E-state index in [2.05, 4.69) is 22.6 Å². The van der Waals surface area contributed by atoms with Gasteiger partial charge < -0.3 is 10.4 Å². The van der Waals surface area contributed by atoms with Gasteiger partial charge in [0, 0.05) is 12.5 Å². The number of piperidine rings is 1. The van der Waals surface area contributed by atoms with Crippen molar-refractivity contribution in [1.82, 2.24) is 20.3 Å². The van der Waals surface area contributed by atoms with Gasteiger partial charge in [-0.25, -0.2) is 9.48 Å². The number of rotatable bonds is 8. The summed E-state index contributed by atoms with van der Waals surface area (Å²) in [6.45, 7) is 4.85. The molecule has 0 spiro atoms. The van der Waals surface area contributed by atoms with Crippen molar-refractivity contribution in [3.8, 4) is 0 Å². The molecule has 1 aromatic rings. The fraction of sp³-hybridized carbons (Fsp3) is 0.800. The van der Waals surface area contributed by atoms with Crippen LogP contribution in [0, 0.1) is 0 Å². The smallest absolute Gasteiger partial charge is 0.358 e. The second kappa shape index (κ2) is 8.12. The maximum Gasteiger partial charge on any atom is 0.358 e. The number of hydrogen-bond acceptors (Lipinski definition) is 4. The minimum absolute atomic E-state index is 0.149. The van der Waals surface area contributed by atoms with Crippen LogP contribution in [0.3, 0.4) is 0 Å². The highest BCUT2D eigenvalue weighted by molar-refractivity contribution is 5.86. The molecule has 0 bridgehead atoms. The number of nitrogens with zero attached hydrogens (tertiary/aromatic N) is 3. The SMILES string of the molecule is CCCCCCCn1nnc(C(=O)O)c1C1CCNCC1. The lowest BCUT2D eigenvalue weighted by atomic mass is 9.93. The molecular weight excluding hydrogens is 268 g/mol. The first-order valence-corrected chi connectivity index (χ1v) is 8.11. The van der Waals surface area contributed by atoms with Gasteiger partial charge in [0.25, 0.3) is 0 Å². The molecule has 0 atom stereocenters. The summed E-state index contributed by atoms with van der Waals surface area (Å²) in [5, 5.41) is 20.6. The number of hydrogen-bond donors (Lipinski definition) is 2. The predicted octanol–water partition coefficient (Wildman–Crippen LogP) is 2.41. The molecule has 0 aromatic carbocycles. The van der Waals surface area contributed by atoms with Gasteiger partial charge in [0.05, 0.1) is 5.69 Å². The van der Waals surface area contributed by atoms with Gasteiger partial charge in [-0.3, -0.25) is 0 Å². The van der Waals surface area contributed by atoms with Crippen molar-refractivity contribution in [2.24, 2.45) is 0 Å². The summed E-state index contributed by atoms with van der Waals surface area (Å²) in [5.41, 5.74) is 0.981. The van der Waals surface area contributed by atoms with E-state index in [1.54, 1.807) is 0 Å². The molecule has 0 radical (unpaired) electrons. The van der Waals surface area contributed by atoms with Gasteiger partial charge in [0.2, 0.25) is 0 Å². The van der Waals surface area contributed by atoms with E-state index in [0.717, 1.165) is 44.6 Å². The summed E-state index contributed by atoms with van der Waals surface area (Å²) in [6, 6.07) is 0. The highest BCUT2D eigenvalue weighted by atomic mass is 16.4. The van der Waals surface area contributed by atoms with Crippen LogP contribution in [-0.4, -0.2) is 39.2 Å². The normalized spacial score (nSPS) is 16.2. The van der Waals surface area contributed by atoms with Gasteiger partial charge in [0.15, 0.2) is 5.69 Å². The molecule has 1 saturated heterocycles. The molecular formula is C15H26N4O2. The predicted molar refractivity (Wildman–Crippen MR) is 80.6 cm³/mol. The Labute approximate surface area is 125 Å². The Morgan fingerprint density at radius 3 is 2.67 bits per heavy atom. The van der Waals surface area contributed by atoms with Crippen molar-refractivity contribution in [2.75, 3.05) is 13.1 Å². The minimum atomic E-state index is -0.958. The number of carboxylic acids is 1. The summed E-state index contributed by atoms with van der Waals surface area (Å²) in [4.78, 5) is 11.4. The average Bonchev–Trinajstić information content (AvgIpc) is 2.92. The Bertz CT molecular complexity index is 453. The van der Waals surface area contributed by atoms with E-state index >= 15 is 0 Å². The van der Waals surface area contributed by atoms with Crippen molar-refractivity contribution >= 4 is 5.97 Å². The Morgan fingerprint density at radius 2 is 2.00 bits per heavy atom. The number of aromatic nitrogens is 3. The molecule has 1 aliphatic rings. The molecule has 0 saturated carbocycles. The largest absolute Gasteiger partial charge is 0.476 e. The van der Waals surface area contributed by atoms with Crippen molar-refractivity contribution < 1.29 is 9.90 Å². The molecule has 0 unspecified atom stereocenters. The zero-order valence-corrected chi connectivity index (χ0v) is 12.8. The molecule has 2 N–H and O–H groups in total. The Kier molecular flexibility index (Phi) is 6.17. The van der Waals surface area contributed by atoms with Crippen LogP contribution >= 0.6 is 0 Å². The van der Waals surface area contributed by atoms with Crippen LogP contribution in [0.15, 0.2) is 0 Å². The van der Waals surface area contributed by atoms with E-state index < -0.39 is 5.97 Å².